The molecule has 0 saturated heterocycles. The summed E-state index contributed by atoms with van der Waals surface area (Å²) >= 11 is 3.00. The summed E-state index contributed by atoms with van der Waals surface area (Å²) in [6.07, 6.45) is 0. The van der Waals surface area contributed by atoms with E-state index in [2.05, 4.69) is 15.5 Å². The number of hydrogen-bond donors (Lipinski definition) is 1. The van der Waals surface area contributed by atoms with E-state index >= 15 is 0 Å². The molecule has 2 aromatic heterocycles. The molecule has 16 heavy (non-hydrogen) atoms. The van der Waals surface area contributed by atoms with Gasteiger partial charge in [0, 0.05) is 5.92 Å². The van der Waals surface area contributed by atoms with Gasteiger partial charge in [0.15, 0.2) is 5.01 Å². The van der Waals surface area contributed by atoms with Crippen LogP contribution < -0.4 is 5.32 Å². The molecule has 0 bridgehead atoms. The number of rotatable bonds is 3. The quantitative estimate of drug-likeness (QED) is 0.915. The van der Waals surface area contributed by atoms with E-state index in [0.29, 0.717) is 5.13 Å². The van der Waals surface area contributed by atoms with Crippen molar-refractivity contribution in [2.45, 2.75) is 13.8 Å². The standard InChI is InChI=1S/C10H11N3OS2/c1-6(2)8(14)11-10-13-12-9(16-10)7-4-3-5-15-7/h3-6H,1-2H3,(H,11,13,14). The SMILES string of the molecule is CC(C)C(=O)Nc1nnc(-c2cccs2)s1. The highest BCUT2D eigenvalue weighted by Crippen LogP contribution is 2.29. The largest absolute Gasteiger partial charge is 0.300 e. The molecular formula is C10H11N3OS2. The van der Waals surface area contributed by atoms with Gasteiger partial charge in [-0.3, -0.25) is 4.79 Å². The van der Waals surface area contributed by atoms with Crippen LogP contribution in [0.25, 0.3) is 9.88 Å². The van der Waals surface area contributed by atoms with Crippen LogP contribution >= 0.6 is 22.7 Å². The molecule has 84 valence electrons. The lowest BCUT2D eigenvalue weighted by atomic mass is 10.2. The van der Waals surface area contributed by atoms with Gasteiger partial charge in [-0.25, -0.2) is 0 Å². The lowest BCUT2D eigenvalue weighted by molar-refractivity contribution is -0.118. The zero-order valence-corrected chi connectivity index (χ0v) is 10.6. The molecule has 6 heteroatoms. The fourth-order valence-corrected chi connectivity index (χ4v) is 2.56. The second kappa shape index (κ2) is 4.71. The number of carbonyl (C=O) groups is 1. The van der Waals surface area contributed by atoms with Gasteiger partial charge in [-0.05, 0) is 11.4 Å². The van der Waals surface area contributed by atoms with Crippen molar-refractivity contribution in [2.75, 3.05) is 5.32 Å². The molecule has 1 N–H and O–H groups in total. The zero-order chi connectivity index (χ0) is 11.5. The Kier molecular flexibility index (Phi) is 3.31. The van der Waals surface area contributed by atoms with Crippen molar-refractivity contribution in [2.24, 2.45) is 5.92 Å². The molecule has 0 saturated carbocycles. The van der Waals surface area contributed by atoms with Gasteiger partial charge in [-0.15, -0.1) is 21.5 Å². The topological polar surface area (TPSA) is 54.9 Å². The van der Waals surface area contributed by atoms with Gasteiger partial charge in [0.05, 0.1) is 4.88 Å². The van der Waals surface area contributed by atoms with Crippen LogP contribution in [0.1, 0.15) is 13.8 Å². The normalized spacial score (nSPS) is 10.7. The molecule has 2 aromatic rings. The number of anilines is 1. The molecule has 1 amide bonds. The number of nitrogens with zero attached hydrogens (tertiary/aromatic N) is 2. The maximum Gasteiger partial charge on any atom is 0.228 e. The van der Waals surface area contributed by atoms with Crippen molar-refractivity contribution in [3.8, 4) is 9.88 Å². The predicted octanol–water partition coefficient (Wildman–Crippen LogP) is 2.86. The summed E-state index contributed by atoms with van der Waals surface area (Å²) < 4.78 is 0. The summed E-state index contributed by atoms with van der Waals surface area (Å²) in [5.41, 5.74) is 0. The first-order valence-corrected chi connectivity index (χ1v) is 6.54. The Hall–Kier alpha value is -1.27. The van der Waals surface area contributed by atoms with Gasteiger partial charge in [-0.2, -0.15) is 0 Å². The Morgan fingerprint density at radius 2 is 2.25 bits per heavy atom. The molecule has 0 unspecified atom stereocenters. The van der Waals surface area contributed by atoms with Gasteiger partial charge in [0.1, 0.15) is 0 Å². The molecule has 0 radical (unpaired) electrons. The van der Waals surface area contributed by atoms with E-state index in [-0.39, 0.29) is 11.8 Å². The minimum atomic E-state index is -0.0471. The molecule has 0 aliphatic rings. The molecule has 0 aliphatic heterocycles. The van der Waals surface area contributed by atoms with Crippen molar-refractivity contribution in [1.29, 1.82) is 0 Å². The summed E-state index contributed by atoms with van der Waals surface area (Å²) in [5, 5.41) is 14.1. The lowest BCUT2D eigenvalue weighted by Crippen LogP contribution is -2.17. The number of carbonyl (C=O) groups excluding carboxylic acids is 1. The second-order valence-corrected chi connectivity index (χ2v) is 5.46. The number of nitrogens with one attached hydrogen (secondary N) is 1. The summed E-state index contributed by atoms with van der Waals surface area (Å²) in [6, 6.07) is 3.95. The van der Waals surface area contributed by atoms with E-state index in [4.69, 9.17) is 0 Å². The number of thiophene rings is 1. The van der Waals surface area contributed by atoms with Crippen LogP contribution in [0, 0.1) is 5.92 Å². The fourth-order valence-electron chi connectivity index (χ4n) is 1.02. The molecule has 2 heterocycles. The first-order chi connectivity index (χ1) is 7.66. The molecule has 0 aromatic carbocycles. The Balaban J connectivity index is 2.11. The third-order valence-corrected chi connectivity index (χ3v) is 3.79. The van der Waals surface area contributed by atoms with Gasteiger partial charge < -0.3 is 5.32 Å². The number of hydrogen-bond acceptors (Lipinski definition) is 5. The monoisotopic (exact) mass is 253 g/mol. The van der Waals surface area contributed by atoms with Gasteiger partial charge in [0.25, 0.3) is 0 Å². The third kappa shape index (κ3) is 2.45. The van der Waals surface area contributed by atoms with Crippen LogP contribution in [-0.2, 0) is 4.79 Å². The highest BCUT2D eigenvalue weighted by atomic mass is 32.1. The van der Waals surface area contributed by atoms with Crippen LogP contribution in [0.15, 0.2) is 17.5 Å². The van der Waals surface area contributed by atoms with E-state index in [1.807, 2.05) is 31.4 Å². The Bertz CT molecular complexity index is 476. The summed E-state index contributed by atoms with van der Waals surface area (Å²) in [7, 11) is 0. The van der Waals surface area contributed by atoms with Gasteiger partial charge in [0.2, 0.25) is 11.0 Å². The van der Waals surface area contributed by atoms with E-state index in [9.17, 15) is 4.79 Å². The second-order valence-electron chi connectivity index (χ2n) is 3.53. The first-order valence-electron chi connectivity index (χ1n) is 4.85. The van der Waals surface area contributed by atoms with Crippen LogP contribution in [0.2, 0.25) is 0 Å². The Labute approximate surface area is 101 Å². The van der Waals surface area contributed by atoms with E-state index in [1.54, 1.807) is 11.3 Å². The van der Waals surface area contributed by atoms with Gasteiger partial charge >= 0.3 is 0 Å². The molecular weight excluding hydrogens is 242 g/mol. The van der Waals surface area contributed by atoms with Crippen molar-refractivity contribution in [1.82, 2.24) is 10.2 Å². The molecule has 0 spiro atoms. The van der Waals surface area contributed by atoms with Crippen molar-refractivity contribution < 1.29 is 4.79 Å². The van der Waals surface area contributed by atoms with Crippen molar-refractivity contribution >= 4 is 33.7 Å². The van der Waals surface area contributed by atoms with Crippen molar-refractivity contribution in [3.05, 3.63) is 17.5 Å². The predicted molar refractivity (Wildman–Crippen MR) is 66.7 cm³/mol. The van der Waals surface area contributed by atoms with Crippen LogP contribution in [0.4, 0.5) is 5.13 Å². The minimum Gasteiger partial charge on any atom is -0.300 e. The van der Waals surface area contributed by atoms with Gasteiger partial charge in [-0.1, -0.05) is 31.3 Å². The highest BCUT2D eigenvalue weighted by Gasteiger charge is 2.12. The number of amides is 1. The summed E-state index contributed by atoms with van der Waals surface area (Å²) in [4.78, 5) is 12.5. The summed E-state index contributed by atoms with van der Waals surface area (Å²) in [6.45, 7) is 3.69. The minimum absolute atomic E-state index is 0.0334. The zero-order valence-electron chi connectivity index (χ0n) is 8.93. The van der Waals surface area contributed by atoms with E-state index in [1.165, 1.54) is 11.3 Å². The molecule has 4 nitrogen and oxygen atoms in total. The smallest absolute Gasteiger partial charge is 0.228 e. The maximum atomic E-state index is 11.4. The Morgan fingerprint density at radius 1 is 1.44 bits per heavy atom. The molecule has 0 atom stereocenters. The van der Waals surface area contributed by atoms with Crippen LogP contribution in [0.5, 0.6) is 0 Å². The molecule has 0 aliphatic carbocycles. The molecule has 2 rings (SSSR count). The average molecular weight is 253 g/mol. The maximum absolute atomic E-state index is 11.4. The highest BCUT2D eigenvalue weighted by molar-refractivity contribution is 7.23. The number of aromatic nitrogens is 2. The lowest BCUT2D eigenvalue weighted by Gasteiger charge is -2.02. The van der Waals surface area contributed by atoms with E-state index in [0.717, 1.165) is 9.88 Å². The van der Waals surface area contributed by atoms with Crippen molar-refractivity contribution in [3.63, 3.8) is 0 Å². The van der Waals surface area contributed by atoms with E-state index < -0.39 is 0 Å². The van der Waals surface area contributed by atoms with Crippen LogP contribution in [-0.4, -0.2) is 16.1 Å². The fraction of sp³-hybridized carbons (Fsp3) is 0.300. The molecule has 0 fully saturated rings. The Morgan fingerprint density at radius 3 is 2.88 bits per heavy atom. The first kappa shape index (κ1) is 11.2. The van der Waals surface area contributed by atoms with Crippen LogP contribution in [0.3, 0.4) is 0 Å². The third-order valence-electron chi connectivity index (χ3n) is 1.91. The summed E-state index contributed by atoms with van der Waals surface area (Å²) in [5.74, 6) is -0.0806. The average Bonchev–Trinajstić information content (AvgIpc) is 2.85.